The molecule has 1 amide bonds. The molecule has 1 unspecified atom stereocenters. The van der Waals surface area contributed by atoms with Gasteiger partial charge < -0.3 is 14.7 Å². The number of carboxylic acid groups (broad SMARTS) is 1. The summed E-state index contributed by atoms with van der Waals surface area (Å²) in [4.78, 5) is 24.4. The zero-order valence-electron chi connectivity index (χ0n) is 12.3. The van der Waals surface area contributed by atoms with Gasteiger partial charge in [0.15, 0.2) is 0 Å². The van der Waals surface area contributed by atoms with Crippen LogP contribution in [0.25, 0.3) is 0 Å². The number of morpholine rings is 1. The van der Waals surface area contributed by atoms with Crippen LogP contribution in [0.5, 0.6) is 0 Å². The molecule has 120 valence electrons. The Morgan fingerprint density at radius 1 is 1.23 bits per heavy atom. The molecule has 5 nitrogen and oxygen atoms in total. The highest BCUT2D eigenvalue weighted by atomic mass is 35.5. The molecule has 1 aromatic rings. The standard InChI is InChI=1S/C16H20ClNO4/c17-13-7-5-12(6-8-13)14-11-18(9-10-22-14)15(19)3-1-2-4-16(20)21/h5-8,14H,1-4,9-11H2,(H,20,21). The minimum absolute atomic E-state index is 0.0626. The average Bonchev–Trinajstić information content (AvgIpc) is 2.52. The van der Waals surface area contributed by atoms with Gasteiger partial charge >= 0.3 is 5.97 Å². The van der Waals surface area contributed by atoms with Gasteiger partial charge in [0.25, 0.3) is 0 Å². The van der Waals surface area contributed by atoms with Crippen LogP contribution in [0.4, 0.5) is 0 Å². The SMILES string of the molecule is O=C(O)CCCCC(=O)N1CCOC(c2ccc(Cl)cc2)C1. The first-order valence-corrected chi connectivity index (χ1v) is 7.80. The van der Waals surface area contributed by atoms with Crippen LogP contribution in [0.15, 0.2) is 24.3 Å². The van der Waals surface area contributed by atoms with E-state index in [0.717, 1.165) is 5.56 Å². The molecule has 2 rings (SSSR count). The lowest BCUT2D eigenvalue weighted by Crippen LogP contribution is -2.42. The van der Waals surface area contributed by atoms with Gasteiger partial charge in [-0.1, -0.05) is 23.7 Å². The molecule has 0 radical (unpaired) electrons. The number of hydrogen-bond acceptors (Lipinski definition) is 3. The topological polar surface area (TPSA) is 66.8 Å². The summed E-state index contributed by atoms with van der Waals surface area (Å²) in [7, 11) is 0. The molecule has 0 saturated carbocycles. The van der Waals surface area contributed by atoms with E-state index in [2.05, 4.69) is 0 Å². The van der Waals surface area contributed by atoms with Gasteiger partial charge in [-0.2, -0.15) is 0 Å². The van der Waals surface area contributed by atoms with E-state index in [1.807, 2.05) is 24.3 Å². The zero-order valence-corrected chi connectivity index (χ0v) is 13.1. The summed E-state index contributed by atoms with van der Waals surface area (Å²) in [6, 6.07) is 7.45. The summed E-state index contributed by atoms with van der Waals surface area (Å²) in [6.45, 7) is 1.62. The van der Waals surface area contributed by atoms with Crippen LogP contribution in [0.3, 0.4) is 0 Å². The van der Waals surface area contributed by atoms with Gasteiger partial charge in [-0.3, -0.25) is 9.59 Å². The van der Waals surface area contributed by atoms with Crippen LogP contribution in [0.1, 0.15) is 37.4 Å². The first-order chi connectivity index (χ1) is 10.6. The number of halogens is 1. The minimum Gasteiger partial charge on any atom is -0.481 e. The molecule has 1 aliphatic heterocycles. The number of carbonyl (C=O) groups excluding carboxylic acids is 1. The van der Waals surface area contributed by atoms with Gasteiger partial charge in [0.1, 0.15) is 6.10 Å². The summed E-state index contributed by atoms with van der Waals surface area (Å²) in [5, 5.41) is 9.26. The van der Waals surface area contributed by atoms with Gasteiger partial charge in [0.05, 0.1) is 13.2 Å². The van der Waals surface area contributed by atoms with Crippen molar-refractivity contribution in [2.45, 2.75) is 31.8 Å². The molecule has 1 saturated heterocycles. The van der Waals surface area contributed by atoms with Gasteiger partial charge in [-0.25, -0.2) is 0 Å². The van der Waals surface area contributed by atoms with Crippen molar-refractivity contribution < 1.29 is 19.4 Å². The number of ether oxygens (including phenoxy) is 1. The highest BCUT2D eigenvalue weighted by molar-refractivity contribution is 6.30. The normalized spacial score (nSPS) is 18.2. The van der Waals surface area contributed by atoms with Gasteiger partial charge in [0, 0.05) is 24.4 Å². The fourth-order valence-electron chi connectivity index (χ4n) is 2.47. The van der Waals surface area contributed by atoms with E-state index < -0.39 is 5.97 Å². The van der Waals surface area contributed by atoms with Gasteiger partial charge in [-0.05, 0) is 30.5 Å². The number of carbonyl (C=O) groups is 2. The molecule has 0 aliphatic carbocycles. The third kappa shape index (κ3) is 5.00. The van der Waals surface area contributed by atoms with Crippen molar-refractivity contribution in [1.29, 1.82) is 0 Å². The molecule has 0 spiro atoms. The number of carboxylic acids is 1. The van der Waals surface area contributed by atoms with E-state index in [9.17, 15) is 9.59 Å². The highest BCUT2D eigenvalue weighted by Crippen LogP contribution is 2.24. The Morgan fingerprint density at radius 3 is 2.59 bits per heavy atom. The molecule has 1 heterocycles. The maximum atomic E-state index is 12.2. The monoisotopic (exact) mass is 325 g/mol. The number of hydrogen-bond donors (Lipinski definition) is 1. The van der Waals surface area contributed by atoms with Crippen LogP contribution < -0.4 is 0 Å². The Hall–Kier alpha value is -1.59. The molecule has 1 aromatic carbocycles. The van der Waals surface area contributed by atoms with E-state index in [1.165, 1.54) is 0 Å². The summed E-state index contributed by atoms with van der Waals surface area (Å²) < 4.78 is 5.73. The van der Waals surface area contributed by atoms with Crippen molar-refractivity contribution in [2.24, 2.45) is 0 Å². The lowest BCUT2D eigenvalue weighted by atomic mass is 10.1. The second kappa shape index (κ2) is 8.15. The summed E-state index contributed by atoms with van der Waals surface area (Å²) >= 11 is 5.88. The number of benzene rings is 1. The van der Waals surface area contributed by atoms with Crippen molar-refractivity contribution in [3.63, 3.8) is 0 Å². The molecular weight excluding hydrogens is 306 g/mol. The first kappa shape index (κ1) is 16.8. The highest BCUT2D eigenvalue weighted by Gasteiger charge is 2.24. The molecule has 22 heavy (non-hydrogen) atoms. The molecular formula is C16H20ClNO4. The first-order valence-electron chi connectivity index (χ1n) is 7.43. The Labute approximate surface area is 134 Å². The van der Waals surface area contributed by atoms with E-state index in [-0.39, 0.29) is 18.4 Å². The third-order valence-corrected chi connectivity index (χ3v) is 3.94. The second-order valence-corrected chi connectivity index (χ2v) is 5.79. The van der Waals surface area contributed by atoms with E-state index in [1.54, 1.807) is 4.90 Å². The second-order valence-electron chi connectivity index (χ2n) is 5.35. The van der Waals surface area contributed by atoms with E-state index in [4.69, 9.17) is 21.4 Å². The van der Waals surface area contributed by atoms with Crippen molar-refractivity contribution >= 4 is 23.5 Å². The van der Waals surface area contributed by atoms with Crippen LogP contribution in [0, 0.1) is 0 Å². The molecule has 0 aromatic heterocycles. The number of unbranched alkanes of at least 4 members (excludes halogenated alkanes) is 1. The van der Waals surface area contributed by atoms with Crippen LogP contribution in [0.2, 0.25) is 5.02 Å². The zero-order chi connectivity index (χ0) is 15.9. The summed E-state index contributed by atoms with van der Waals surface area (Å²) in [5.74, 6) is -0.755. The molecule has 1 N–H and O–H groups in total. The molecule has 1 aliphatic rings. The lowest BCUT2D eigenvalue weighted by Gasteiger charge is -2.33. The quantitative estimate of drug-likeness (QED) is 0.817. The average molecular weight is 326 g/mol. The van der Waals surface area contributed by atoms with Crippen molar-refractivity contribution in [3.8, 4) is 0 Å². The third-order valence-electron chi connectivity index (χ3n) is 3.69. The van der Waals surface area contributed by atoms with Gasteiger partial charge in [0.2, 0.25) is 5.91 Å². The molecule has 1 atom stereocenters. The van der Waals surface area contributed by atoms with Crippen LogP contribution in [-0.4, -0.2) is 41.6 Å². The fraction of sp³-hybridized carbons (Fsp3) is 0.500. The number of amides is 1. The Kier molecular flexibility index (Phi) is 6.21. The van der Waals surface area contributed by atoms with Crippen molar-refractivity contribution in [1.82, 2.24) is 4.90 Å². The van der Waals surface area contributed by atoms with E-state index in [0.29, 0.717) is 44.0 Å². The predicted molar refractivity (Wildman–Crippen MR) is 82.8 cm³/mol. The maximum Gasteiger partial charge on any atom is 0.303 e. The number of nitrogens with zero attached hydrogens (tertiary/aromatic N) is 1. The predicted octanol–water partition coefficient (Wildman–Crippen LogP) is 2.88. The Balaban J connectivity index is 1.83. The van der Waals surface area contributed by atoms with Crippen LogP contribution in [-0.2, 0) is 14.3 Å². The lowest BCUT2D eigenvalue weighted by molar-refractivity contribution is -0.140. The number of rotatable bonds is 6. The fourth-order valence-corrected chi connectivity index (χ4v) is 2.59. The molecule has 1 fully saturated rings. The summed E-state index contributed by atoms with van der Waals surface area (Å²) in [6.07, 6.45) is 1.51. The largest absolute Gasteiger partial charge is 0.481 e. The van der Waals surface area contributed by atoms with Crippen molar-refractivity contribution in [3.05, 3.63) is 34.9 Å². The molecule has 6 heteroatoms. The Morgan fingerprint density at radius 2 is 1.91 bits per heavy atom. The van der Waals surface area contributed by atoms with E-state index >= 15 is 0 Å². The van der Waals surface area contributed by atoms with Gasteiger partial charge in [-0.15, -0.1) is 0 Å². The minimum atomic E-state index is -0.818. The maximum absolute atomic E-state index is 12.2. The molecule has 0 bridgehead atoms. The van der Waals surface area contributed by atoms with Crippen LogP contribution >= 0.6 is 11.6 Å². The smallest absolute Gasteiger partial charge is 0.303 e. The number of aliphatic carboxylic acids is 1. The summed E-state index contributed by atoms with van der Waals surface area (Å²) in [5.41, 5.74) is 1.01. The van der Waals surface area contributed by atoms with Crippen molar-refractivity contribution in [2.75, 3.05) is 19.7 Å². The Bertz CT molecular complexity index is 517.